The van der Waals surface area contributed by atoms with Gasteiger partial charge >= 0.3 is 5.97 Å². The van der Waals surface area contributed by atoms with Crippen LogP contribution in [0.25, 0.3) is 0 Å². The number of rotatable bonds is 8. The van der Waals surface area contributed by atoms with Gasteiger partial charge in [0.05, 0.1) is 10.9 Å². The average molecular weight is 554 g/mol. The zero-order chi connectivity index (χ0) is 27.4. The monoisotopic (exact) mass is 553 g/mol. The minimum atomic E-state index is -1.21. The van der Waals surface area contributed by atoms with Gasteiger partial charge in [0.2, 0.25) is 0 Å². The highest BCUT2D eigenvalue weighted by Crippen LogP contribution is 2.42. The van der Waals surface area contributed by atoms with E-state index in [0.717, 1.165) is 67.6 Å². The molecule has 1 fully saturated rings. The molecule has 0 radical (unpaired) electrons. The number of ether oxygens (including phenoxy) is 2. The number of carbonyl (C=O) groups excluding carboxylic acids is 1. The van der Waals surface area contributed by atoms with Crippen LogP contribution in [0.5, 0.6) is 5.75 Å². The summed E-state index contributed by atoms with van der Waals surface area (Å²) in [7, 11) is -1.21. The summed E-state index contributed by atoms with van der Waals surface area (Å²) >= 11 is 0. The molecule has 1 aliphatic rings. The van der Waals surface area contributed by atoms with Gasteiger partial charge in [-0.15, -0.1) is 0 Å². The minimum Gasteiger partial charge on any atom is -0.482 e. The van der Waals surface area contributed by atoms with Crippen molar-refractivity contribution in [3.63, 3.8) is 0 Å². The average Bonchev–Trinajstić information content (AvgIpc) is 3.37. The van der Waals surface area contributed by atoms with E-state index in [1.807, 2.05) is 30.3 Å². The van der Waals surface area contributed by atoms with Gasteiger partial charge in [-0.1, -0.05) is 30.3 Å². The second-order valence-electron chi connectivity index (χ2n) is 9.32. The number of carbonyl (C=O) groups is 1. The molecule has 0 amide bonds. The molecule has 0 heterocycles. The fourth-order valence-electron chi connectivity index (χ4n) is 4.90. The molecule has 0 aromatic heterocycles. The van der Waals surface area contributed by atoms with Crippen molar-refractivity contribution in [2.24, 2.45) is 0 Å². The summed E-state index contributed by atoms with van der Waals surface area (Å²) in [5.74, 6) is -3.31. The van der Waals surface area contributed by atoms with Gasteiger partial charge in [-0.3, -0.25) is 0 Å². The Morgan fingerprint density at radius 2 is 1.21 bits per heavy atom. The van der Waals surface area contributed by atoms with Crippen LogP contribution >= 0.6 is 0 Å². The Labute approximate surface area is 226 Å². The maximum absolute atomic E-state index is 14.1. The highest BCUT2D eigenvalue weighted by atomic mass is 32.2. The summed E-state index contributed by atoms with van der Waals surface area (Å²) in [5.41, 5.74) is 0.315. The molecule has 4 aromatic carbocycles. The van der Waals surface area contributed by atoms with Crippen molar-refractivity contribution in [1.82, 2.24) is 0 Å². The Kier molecular flexibility index (Phi) is 7.93. The summed E-state index contributed by atoms with van der Waals surface area (Å²) in [4.78, 5) is 13.7. The molecular formula is C31H25F4O3S+. The molecule has 0 saturated heterocycles. The zero-order valence-electron chi connectivity index (χ0n) is 20.8. The van der Waals surface area contributed by atoms with Gasteiger partial charge in [0.25, 0.3) is 0 Å². The molecule has 39 heavy (non-hydrogen) atoms. The number of esters is 1. The first-order chi connectivity index (χ1) is 18.8. The highest BCUT2D eigenvalue weighted by molar-refractivity contribution is 7.97. The summed E-state index contributed by atoms with van der Waals surface area (Å²) < 4.78 is 67.8. The Hall–Kier alpha value is -3.78. The van der Waals surface area contributed by atoms with E-state index in [9.17, 15) is 22.4 Å². The SMILES string of the molecule is O=C(COc1ccc([S+](c2cc(F)cc(F)c2)c2cc(F)cc(F)c2)cc1)OC1(c2ccccc2)CCCC1. The standard InChI is InChI=1S/C31H25F4O3S/c32-22-14-23(33)17-28(16-22)39(29-18-24(34)15-25(35)19-29)27-10-8-26(9-11-27)37-20-30(36)38-31(12-4-5-13-31)21-6-2-1-3-7-21/h1-3,6-11,14-19H,4-5,12-13,20H2/q+1. The van der Waals surface area contributed by atoms with Crippen LogP contribution in [-0.4, -0.2) is 12.6 Å². The lowest BCUT2D eigenvalue weighted by molar-refractivity contribution is -0.163. The molecule has 0 unspecified atom stereocenters. The van der Waals surface area contributed by atoms with Crippen LogP contribution < -0.4 is 4.74 Å². The van der Waals surface area contributed by atoms with E-state index in [4.69, 9.17) is 9.47 Å². The second-order valence-corrected chi connectivity index (χ2v) is 11.3. The Morgan fingerprint density at radius 3 is 1.72 bits per heavy atom. The number of hydrogen-bond acceptors (Lipinski definition) is 3. The lowest BCUT2D eigenvalue weighted by Crippen LogP contribution is -2.31. The first kappa shape index (κ1) is 26.8. The summed E-state index contributed by atoms with van der Waals surface area (Å²) in [5, 5.41) is 0. The highest BCUT2D eigenvalue weighted by Gasteiger charge is 2.39. The van der Waals surface area contributed by atoms with E-state index in [1.54, 1.807) is 24.3 Å². The molecule has 0 aliphatic heterocycles. The van der Waals surface area contributed by atoms with Crippen molar-refractivity contribution in [1.29, 1.82) is 0 Å². The third-order valence-electron chi connectivity index (χ3n) is 6.58. The number of benzene rings is 4. The Bertz CT molecular complexity index is 1360. The Morgan fingerprint density at radius 1 is 0.692 bits per heavy atom. The van der Waals surface area contributed by atoms with E-state index >= 15 is 0 Å². The second kappa shape index (κ2) is 11.5. The zero-order valence-corrected chi connectivity index (χ0v) is 21.7. The maximum Gasteiger partial charge on any atom is 0.345 e. The summed E-state index contributed by atoms with van der Waals surface area (Å²) in [6.07, 6.45) is 3.44. The van der Waals surface area contributed by atoms with Crippen molar-refractivity contribution in [2.45, 2.75) is 46.0 Å². The smallest absolute Gasteiger partial charge is 0.345 e. The van der Waals surface area contributed by atoms with Crippen LogP contribution in [0.3, 0.4) is 0 Å². The number of hydrogen-bond donors (Lipinski definition) is 0. The molecule has 3 nitrogen and oxygen atoms in total. The van der Waals surface area contributed by atoms with Crippen LogP contribution in [0.15, 0.2) is 106 Å². The molecule has 0 atom stereocenters. The molecule has 0 bridgehead atoms. The van der Waals surface area contributed by atoms with Crippen LogP contribution in [0, 0.1) is 23.3 Å². The van der Waals surface area contributed by atoms with Crippen LogP contribution in [0.4, 0.5) is 17.6 Å². The largest absolute Gasteiger partial charge is 0.482 e. The molecular weight excluding hydrogens is 528 g/mol. The first-order valence-corrected chi connectivity index (χ1v) is 13.7. The molecule has 1 aliphatic carbocycles. The van der Waals surface area contributed by atoms with Crippen LogP contribution in [-0.2, 0) is 26.0 Å². The normalized spacial score (nSPS) is 14.4. The molecule has 1 saturated carbocycles. The molecule has 0 spiro atoms. The van der Waals surface area contributed by atoms with Crippen LogP contribution in [0.2, 0.25) is 0 Å². The molecule has 0 N–H and O–H groups in total. The summed E-state index contributed by atoms with van der Waals surface area (Å²) in [6, 6.07) is 22.2. The fraction of sp³-hybridized carbons (Fsp3) is 0.194. The third kappa shape index (κ3) is 6.28. The summed E-state index contributed by atoms with van der Waals surface area (Å²) in [6.45, 7) is -0.302. The van der Waals surface area contributed by atoms with Crippen molar-refractivity contribution < 1.29 is 31.8 Å². The van der Waals surface area contributed by atoms with Gasteiger partial charge in [0, 0.05) is 36.4 Å². The third-order valence-corrected chi connectivity index (χ3v) is 8.74. The van der Waals surface area contributed by atoms with Gasteiger partial charge in [0.15, 0.2) is 21.3 Å². The predicted molar refractivity (Wildman–Crippen MR) is 139 cm³/mol. The minimum absolute atomic E-state index is 0.220. The van der Waals surface area contributed by atoms with Gasteiger partial charge < -0.3 is 9.47 Å². The molecule has 200 valence electrons. The molecule has 5 rings (SSSR count). The lowest BCUT2D eigenvalue weighted by Gasteiger charge is -2.29. The van der Waals surface area contributed by atoms with Crippen molar-refractivity contribution >= 4 is 16.9 Å². The topological polar surface area (TPSA) is 35.5 Å². The quantitative estimate of drug-likeness (QED) is 0.127. The molecule has 4 aromatic rings. The van der Waals surface area contributed by atoms with E-state index < -0.39 is 45.7 Å². The van der Waals surface area contributed by atoms with E-state index in [-0.39, 0.29) is 16.4 Å². The van der Waals surface area contributed by atoms with E-state index in [2.05, 4.69) is 0 Å². The first-order valence-electron chi connectivity index (χ1n) is 12.5. The van der Waals surface area contributed by atoms with Crippen molar-refractivity contribution in [3.8, 4) is 5.75 Å². The van der Waals surface area contributed by atoms with Crippen molar-refractivity contribution in [3.05, 3.63) is 120 Å². The maximum atomic E-state index is 14.1. The van der Waals surface area contributed by atoms with Crippen LogP contribution in [0.1, 0.15) is 31.2 Å². The van der Waals surface area contributed by atoms with Crippen molar-refractivity contribution in [2.75, 3.05) is 6.61 Å². The van der Waals surface area contributed by atoms with E-state index in [1.165, 1.54) is 0 Å². The predicted octanol–water partition coefficient (Wildman–Crippen LogP) is 7.73. The Balaban J connectivity index is 1.34. The lowest BCUT2D eigenvalue weighted by atomic mass is 9.92. The molecule has 8 heteroatoms. The fourth-order valence-corrected chi connectivity index (χ4v) is 7.05. The van der Waals surface area contributed by atoms with E-state index in [0.29, 0.717) is 10.6 Å². The number of halogens is 4. The van der Waals surface area contributed by atoms with Gasteiger partial charge in [-0.05, 0) is 55.5 Å². The van der Waals surface area contributed by atoms with Gasteiger partial charge in [-0.2, -0.15) is 0 Å². The van der Waals surface area contributed by atoms with Gasteiger partial charge in [0.1, 0.15) is 34.6 Å². The van der Waals surface area contributed by atoms with Gasteiger partial charge in [-0.25, -0.2) is 22.4 Å².